The molecule has 4 aliphatic rings. The van der Waals surface area contributed by atoms with Crippen LogP contribution in [0.4, 0.5) is 11.4 Å². The Morgan fingerprint density at radius 3 is 2.32 bits per heavy atom. The van der Waals surface area contributed by atoms with E-state index in [1.165, 1.54) is 29.0 Å². The molecule has 2 aliphatic carbocycles. The number of amides is 4. The number of para-hydroxylation sites is 2. The molecular weight excluding hydrogens is 742 g/mol. The number of allylic oxidation sites excluding steroid dienone is 2. The number of aromatic nitrogens is 1. The molecule has 282 valence electrons. The molecule has 10 nitrogen and oxygen atoms in total. The lowest BCUT2D eigenvalue weighted by atomic mass is 9.49. The van der Waals surface area contributed by atoms with E-state index in [9.17, 15) is 14.7 Å². The molecule has 0 spiro atoms. The third-order valence-corrected chi connectivity index (χ3v) is 12.6. The topological polar surface area (TPSA) is 130 Å². The van der Waals surface area contributed by atoms with Gasteiger partial charge in [0.05, 0.1) is 41.7 Å². The maximum Gasteiger partial charge on any atom is 0.246 e. The van der Waals surface area contributed by atoms with Gasteiger partial charge < -0.3 is 14.3 Å². The van der Waals surface area contributed by atoms with Crippen molar-refractivity contribution in [1.82, 2.24) is 4.98 Å². The summed E-state index contributed by atoms with van der Waals surface area (Å²) < 4.78 is 11.8. The SMILES string of the molecule is COc1cc(O)ccc1[C@H]1C2=CC[C@@H]3C(=O)N(c4ccc(-c5nc6ccccc6o5)cc4)C(=O)[C@@H]3[C@@H]2C[C@H]2C(=O)N(c3cccc(Cl)c3)C(=O)[C@@]12c1ccccc1. The Bertz CT molecular complexity index is 2660. The van der Waals surface area contributed by atoms with Gasteiger partial charge in [0.2, 0.25) is 29.5 Å². The Morgan fingerprint density at radius 1 is 0.789 bits per heavy atom. The lowest BCUT2D eigenvalue weighted by molar-refractivity contribution is -0.127. The number of anilines is 2. The van der Waals surface area contributed by atoms with E-state index in [0.717, 1.165) is 11.1 Å². The summed E-state index contributed by atoms with van der Waals surface area (Å²) in [6.07, 6.45) is 2.39. The molecule has 0 unspecified atom stereocenters. The first-order valence-corrected chi connectivity index (χ1v) is 19.2. The second-order valence-corrected chi connectivity index (χ2v) is 15.5. The van der Waals surface area contributed by atoms with Gasteiger partial charge in [0.25, 0.3) is 0 Å². The number of oxazole rings is 1. The molecule has 10 rings (SSSR count). The normalized spacial score (nSPS) is 25.4. The molecule has 2 saturated heterocycles. The number of phenols is 1. The average Bonchev–Trinajstić information content (AvgIpc) is 3.85. The van der Waals surface area contributed by atoms with Gasteiger partial charge in [-0.2, -0.15) is 0 Å². The van der Waals surface area contributed by atoms with E-state index < -0.39 is 46.8 Å². The summed E-state index contributed by atoms with van der Waals surface area (Å²) in [5, 5.41) is 11.0. The molecule has 5 aromatic carbocycles. The molecule has 3 fully saturated rings. The van der Waals surface area contributed by atoms with Crippen molar-refractivity contribution in [3.05, 3.63) is 149 Å². The Labute approximate surface area is 331 Å². The van der Waals surface area contributed by atoms with E-state index in [1.807, 2.05) is 60.7 Å². The minimum atomic E-state index is -1.48. The second kappa shape index (κ2) is 13.0. The van der Waals surface area contributed by atoms with Gasteiger partial charge in [-0.15, -0.1) is 0 Å². The van der Waals surface area contributed by atoms with Crippen molar-refractivity contribution in [3.63, 3.8) is 0 Å². The van der Waals surface area contributed by atoms with Gasteiger partial charge in [-0.25, -0.2) is 9.88 Å². The number of nitrogens with zero attached hydrogens (tertiary/aromatic N) is 3. The highest BCUT2D eigenvalue weighted by atomic mass is 35.5. The Kier molecular flexibility index (Phi) is 7.98. The van der Waals surface area contributed by atoms with Crippen molar-refractivity contribution in [1.29, 1.82) is 0 Å². The van der Waals surface area contributed by atoms with Crippen LogP contribution in [0.3, 0.4) is 0 Å². The largest absolute Gasteiger partial charge is 0.508 e. The molecular formula is C46H34ClN3O7. The van der Waals surface area contributed by atoms with Crippen LogP contribution < -0.4 is 14.5 Å². The van der Waals surface area contributed by atoms with Gasteiger partial charge in [0.15, 0.2) is 5.58 Å². The highest BCUT2D eigenvalue weighted by Gasteiger charge is 2.70. The quantitative estimate of drug-likeness (QED) is 0.132. The predicted octanol–water partition coefficient (Wildman–Crippen LogP) is 8.23. The first-order valence-electron chi connectivity index (χ1n) is 18.8. The van der Waals surface area contributed by atoms with E-state index in [0.29, 0.717) is 50.3 Å². The van der Waals surface area contributed by atoms with Crippen LogP contribution in [0, 0.1) is 23.7 Å². The summed E-state index contributed by atoms with van der Waals surface area (Å²) in [4.78, 5) is 66.7. The molecule has 11 heteroatoms. The molecule has 57 heavy (non-hydrogen) atoms. The Balaban J connectivity index is 1.10. The van der Waals surface area contributed by atoms with Crippen LogP contribution in [0.15, 0.2) is 137 Å². The zero-order valence-electron chi connectivity index (χ0n) is 30.5. The maximum absolute atomic E-state index is 15.5. The summed E-state index contributed by atoms with van der Waals surface area (Å²) in [6.45, 7) is 0. The molecule has 0 bridgehead atoms. The van der Waals surface area contributed by atoms with Crippen LogP contribution in [0.2, 0.25) is 5.02 Å². The van der Waals surface area contributed by atoms with Crippen LogP contribution in [0.5, 0.6) is 11.5 Å². The van der Waals surface area contributed by atoms with Crippen molar-refractivity contribution in [2.75, 3.05) is 16.9 Å². The van der Waals surface area contributed by atoms with Gasteiger partial charge in [-0.3, -0.25) is 24.1 Å². The fourth-order valence-corrected chi connectivity index (χ4v) is 10.2. The third-order valence-electron chi connectivity index (χ3n) is 12.4. The zero-order chi connectivity index (χ0) is 39.2. The number of methoxy groups -OCH3 is 1. The first kappa shape index (κ1) is 34.9. The summed E-state index contributed by atoms with van der Waals surface area (Å²) in [5.41, 5.74) is 3.34. The number of aromatic hydroxyl groups is 1. The lowest BCUT2D eigenvalue weighted by Gasteiger charge is -2.51. The van der Waals surface area contributed by atoms with Crippen molar-refractivity contribution in [2.45, 2.75) is 24.2 Å². The highest BCUT2D eigenvalue weighted by molar-refractivity contribution is 6.32. The molecule has 2 aliphatic heterocycles. The van der Waals surface area contributed by atoms with Gasteiger partial charge in [-0.1, -0.05) is 77.8 Å². The number of rotatable bonds is 6. The minimum absolute atomic E-state index is 0.0327. The fourth-order valence-electron chi connectivity index (χ4n) is 10.0. The maximum atomic E-state index is 15.5. The molecule has 1 N–H and O–H groups in total. The van der Waals surface area contributed by atoms with Crippen molar-refractivity contribution in [2.24, 2.45) is 23.7 Å². The standard InChI is InChI=1S/C46H34ClN3O7/c1-56-38-23-30(51)18-19-32(38)40-31-20-21-33-39(44(54)49(42(33)52)28-16-14-25(15-17-28)41-48-36-12-5-6-13-37(36)57-41)34(31)24-35-43(53)50(29-11-7-10-27(47)22-29)45(55)46(35,40)26-8-3-2-4-9-26/h2-20,22-23,33-35,39-40,51H,21,24H2,1H3/t33-,34+,35-,39-,40+,46+/m0/s1. The number of carbonyl (C=O) groups excluding carboxylic acids is 4. The number of carbonyl (C=O) groups is 4. The smallest absolute Gasteiger partial charge is 0.246 e. The van der Waals surface area contributed by atoms with Crippen LogP contribution >= 0.6 is 11.6 Å². The summed E-state index contributed by atoms with van der Waals surface area (Å²) in [7, 11) is 1.49. The van der Waals surface area contributed by atoms with E-state index in [2.05, 4.69) is 4.98 Å². The van der Waals surface area contributed by atoms with Gasteiger partial charge in [0, 0.05) is 28.1 Å². The summed E-state index contributed by atoms with van der Waals surface area (Å²) in [5.74, 6) is -4.61. The van der Waals surface area contributed by atoms with Gasteiger partial charge in [-0.05, 0) is 85.0 Å². The van der Waals surface area contributed by atoms with Crippen molar-refractivity contribution in [3.8, 4) is 23.0 Å². The molecule has 1 aromatic heterocycles. The lowest BCUT2D eigenvalue weighted by Crippen LogP contribution is -2.53. The molecule has 6 atom stereocenters. The third kappa shape index (κ3) is 5.06. The number of imide groups is 2. The molecule has 0 radical (unpaired) electrons. The van der Waals surface area contributed by atoms with E-state index in [4.69, 9.17) is 20.8 Å². The number of fused-ring (bicyclic) bond motifs is 5. The average molecular weight is 776 g/mol. The molecule has 4 amide bonds. The fraction of sp³-hybridized carbons (Fsp3) is 0.196. The minimum Gasteiger partial charge on any atom is -0.508 e. The number of hydrogen-bond acceptors (Lipinski definition) is 8. The Hall–Kier alpha value is -6.52. The number of hydrogen-bond donors (Lipinski definition) is 1. The van der Waals surface area contributed by atoms with E-state index in [1.54, 1.807) is 54.6 Å². The number of ether oxygens (including phenoxy) is 1. The van der Waals surface area contributed by atoms with Crippen LogP contribution in [0.1, 0.15) is 29.9 Å². The highest BCUT2D eigenvalue weighted by Crippen LogP contribution is 2.65. The van der Waals surface area contributed by atoms with Gasteiger partial charge in [0.1, 0.15) is 17.0 Å². The van der Waals surface area contributed by atoms with E-state index in [-0.39, 0.29) is 30.4 Å². The number of benzene rings is 5. The van der Waals surface area contributed by atoms with Crippen LogP contribution in [0.25, 0.3) is 22.6 Å². The molecule has 3 heterocycles. The van der Waals surface area contributed by atoms with Crippen molar-refractivity contribution >= 4 is 57.7 Å². The summed E-state index contributed by atoms with van der Waals surface area (Å²) in [6, 6.07) is 35.1. The predicted molar refractivity (Wildman–Crippen MR) is 213 cm³/mol. The van der Waals surface area contributed by atoms with Crippen molar-refractivity contribution < 1.29 is 33.4 Å². The monoisotopic (exact) mass is 775 g/mol. The van der Waals surface area contributed by atoms with Gasteiger partial charge >= 0.3 is 0 Å². The zero-order valence-corrected chi connectivity index (χ0v) is 31.3. The molecule has 1 saturated carbocycles. The van der Waals surface area contributed by atoms with Crippen LogP contribution in [-0.2, 0) is 24.6 Å². The second-order valence-electron chi connectivity index (χ2n) is 15.1. The first-order chi connectivity index (χ1) is 27.7. The number of phenolic OH excluding ortho intramolecular Hbond substituents is 1. The van der Waals surface area contributed by atoms with E-state index >= 15 is 9.59 Å². The summed E-state index contributed by atoms with van der Waals surface area (Å²) >= 11 is 6.43. The number of halogens is 1. The van der Waals surface area contributed by atoms with Crippen LogP contribution in [-0.4, -0.2) is 40.8 Å². The Morgan fingerprint density at radius 2 is 1.56 bits per heavy atom. The molecule has 6 aromatic rings.